The molecule has 3 atom stereocenters. The van der Waals surface area contributed by atoms with Gasteiger partial charge in [-0.05, 0) is 47.8 Å². The van der Waals surface area contributed by atoms with Crippen molar-refractivity contribution in [2.75, 3.05) is 19.0 Å². The monoisotopic (exact) mass is 421 g/mol. The second kappa shape index (κ2) is 6.98. The molecule has 1 heterocycles. The minimum atomic E-state index is -3.67. The van der Waals surface area contributed by atoms with E-state index >= 15 is 0 Å². The van der Waals surface area contributed by atoms with Crippen LogP contribution >= 0.6 is 0 Å². The van der Waals surface area contributed by atoms with Crippen molar-refractivity contribution < 1.29 is 22.7 Å². The largest absolute Gasteiger partial charge is 0.486 e. The van der Waals surface area contributed by atoms with Crippen LogP contribution in [0.5, 0.6) is 11.5 Å². The first kappa shape index (κ1) is 20.7. The van der Waals surface area contributed by atoms with E-state index in [1.807, 2.05) is 32.0 Å². The summed E-state index contributed by atoms with van der Waals surface area (Å²) in [6, 6.07) is 5.17. The number of hydrogen-bond donors (Lipinski definition) is 1. The molecular formula is C22H31NO5S. The predicted molar refractivity (Wildman–Crippen MR) is 110 cm³/mol. The molecule has 4 rings (SSSR count). The van der Waals surface area contributed by atoms with Crippen LogP contribution in [0.2, 0.25) is 0 Å². The Labute approximate surface area is 173 Å². The van der Waals surface area contributed by atoms with Crippen LogP contribution in [0.1, 0.15) is 58.6 Å². The number of Topliss-reactive ketones (excluding diaryl/α,β-unsaturated/α-hetero) is 1. The van der Waals surface area contributed by atoms with E-state index in [1.54, 1.807) is 0 Å². The maximum Gasteiger partial charge on any atom is 0.213 e. The second-order valence-corrected chi connectivity index (χ2v) is 11.4. The van der Waals surface area contributed by atoms with Crippen molar-refractivity contribution in [3.05, 3.63) is 23.8 Å². The standard InChI is InChI=1S/C22H31NO5S/c1-14(2)20(15-5-6-17-18(11-15)28-10-9-27-17)23-29(25,26)13-22-8-7-16(12-19(22)24)21(22,3)4/h5-6,11,14,16,20,23H,7-10,12-13H2,1-4H3/t16-,20-,22-/m0/s1. The fourth-order valence-corrected chi connectivity index (χ4v) is 7.71. The van der Waals surface area contributed by atoms with Gasteiger partial charge in [0.15, 0.2) is 11.5 Å². The molecule has 3 aliphatic rings. The molecule has 1 aromatic carbocycles. The quantitative estimate of drug-likeness (QED) is 0.761. The van der Waals surface area contributed by atoms with E-state index in [4.69, 9.17) is 9.47 Å². The summed E-state index contributed by atoms with van der Waals surface area (Å²) < 4.78 is 40.7. The van der Waals surface area contributed by atoms with Gasteiger partial charge in [-0.3, -0.25) is 4.79 Å². The smallest absolute Gasteiger partial charge is 0.213 e. The van der Waals surface area contributed by atoms with E-state index in [0.29, 0.717) is 43.5 Å². The predicted octanol–water partition coefficient (Wildman–Crippen LogP) is 3.47. The van der Waals surface area contributed by atoms with Crippen LogP contribution in [0.4, 0.5) is 0 Å². The molecule has 1 N–H and O–H groups in total. The van der Waals surface area contributed by atoms with Crippen molar-refractivity contribution in [2.45, 2.75) is 53.0 Å². The lowest BCUT2D eigenvalue weighted by Crippen LogP contribution is -2.46. The maximum atomic E-state index is 13.3. The third-order valence-electron chi connectivity index (χ3n) is 7.47. The molecule has 7 heteroatoms. The highest BCUT2D eigenvalue weighted by atomic mass is 32.2. The summed E-state index contributed by atoms with van der Waals surface area (Å²) in [6.07, 6.45) is 2.11. The van der Waals surface area contributed by atoms with Gasteiger partial charge in [-0.15, -0.1) is 0 Å². The first-order valence-electron chi connectivity index (χ1n) is 10.5. The molecule has 1 aromatic rings. The van der Waals surface area contributed by atoms with Gasteiger partial charge in [0.25, 0.3) is 0 Å². The summed E-state index contributed by atoms with van der Waals surface area (Å²) in [5, 5.41) is 0. The Hall–Kier alpha value is -1.60. The van der Waals surface area contributed by atoms with E-state index in [0.717, 1.165) is 12.0 Å². The Kier molecular flexibility index (Phi) is 4.97. The normalized spacial score (nSPS) is 28.7. The number of sulfonamides is 1. The number of hydrogen-bond acceptors (Lipinski definition) is 5. The molecule has 6 nitrogen and oxygen atoms in total. The van der Waals surface area contributed by atoms with E-state index in [1.165, 1.54) is 0 Å². The first-order chi connectivity index (χ1) is 13.6. The van der Waals surface area contributed by atoms with Gasteiger partial charge in [-0.1, -0.05) is 33.8 Å². The number of carbonyl (C=O) groups excluding carboxylic acids is 1. The molecule has 29 heavy (non-hydrogen) atoms. The van der Waals surface area contributed by atoms with Crippen LogP contribution in [0, 0.1) is 22.7 Å². The van der Waals surface area contributed by atoms with E-state index in [2.05, 4.69) is 18.6 Å². The van der Waals surface area contributed by atoms with Crippen LogP contribution in [0.15, 0.2) is 18.2 Å². The number of ketones is 1. The topological polar surface area (TPSA) is 81.7 Å². The van der Waals surface area contributed by atoms with Gasteiger partial charge in [0.1, 0.15) is 19.0 Å². The van der Waals surface area contributed by atoms with E-state index in [-0.39, 0.29) is 22.9 Å². The van der Waals surface area contributed by atoms with Crippen molar-refractivity contribution in [1.29, 1.82) is 0 Å². The second-order valence-electron chi connectivity index (χ2n) is 9.67. The number of fused-ring (bicyclic) bond motifs is 3. The molecule has 0 aromatic heterocycles. The minimum absolute atomic E-state index is 0.0356. The highest BCUT2D eigenvalue weighted by Gasteiger charge is 2.65. The van der Waals surface area contributed by atoms with Gasteiger partial charge in [0, 0.05) is 17.9 Å². The zero-order valence-corrected chi connectivity index (χ0v) is 18.5. The summed E-state index contributed by atoms with van der Waals surface area (Å²) in [5.41, 5.74) is -0.201. The van der Waals surface area contributed by atoms with Crippen molar-refractivity contribution in [1.82, 2.24) is 4.72 Å². The zero-order chi connectivity index (χ0) is 21.0. The molecule has 160 valence electrons. The lowest BCUT2D eigenvalue weighted by atomic mass is 9.70. The van der Waals surface area contributed by atoms with Crippen molar-refractivity contribution in [3.8, 4) is 11.5 Å². The Morgan fingerprint density at radius 3 is 2.45 bits per heavy atom. The van der Waals surface area contributed by atoms with Crippen LogP contribution < -0.4 is 14.2 Å². The molecule has 1 aliphatic heterocycles. The first-order valence-corrected chi connectivity index (χ1v) is 12.1. The number of ether oxygens (including phenoxy) is 2. The molecular weight excluding hydrogens is 390 g/mol. The van der Waals surface area contributed by atoms with Gasteiger partial charge in [0.05, 0.1) is 5.75 Å². The summed E-state index contributed by atoms with van der Waals surface area (Å²) in [4.78, 5) is 12.8. The van der Waals surface area contributed by atoms with E-state index < -0.39 is 21.5 Å². The molecule has 0 amide bonds. The summed E-state index contributed by atoms with van der Waals surface area (Å²) in [7, 11) is -3.67. The Morgan fingerprint density at radius 2 is 1.86 bits per heavy atom. The molecule has 0 spiro atoms. The number of nitrogens with one attached hydrogen (secondary N) is 1. The summed E-state index contributed by atoms with van der Waals surface area (Å²) in [6.45, 7) is 9.09. The minimum Gasteiger partial charge on any atom is -0.486 e. The SMILES string of the molecule is CC(C)[C@H](NS(=O)(=O)C[C@@]12CC[C@@H](CC1=O)C2(C)C)c1ccc2c(c1)OCCO2. The van der Waals surface area contributed by atoms with Gasteiger partial charge in [0.2, 0.25) is 10.0 Å². The van der Waals surface area contributed by atoms with Gasteiger partial charge in [-0.2, -0.15) is 0 Å². The zero-order valence-electron chi connectivity index (χ0n) is 17.7. The number of benzene rings is 1. The third-order valence-corrected chi connectivity index (χ3v) is 8.96. The Bertz CT molecular complexity index is 923. The molecule has 2 fully saturated rings. The molecule has 0 unspecified atom stereocenters. The number of rotatable bonds is 6. The molecule has 0 saturated heterocycles. The van der Waals surface area contributed by atoms with E-state index in [9.17, 15) is 13.2 Å². The fraction of sp³-hybridized carbons (Fsp3) is 0.682. The Balaban J connectivity index is 1.59. The van der Waals surface area contributed by atoms with Crippen LogP contribution in [-0.4, -0.2) is 33.2 Å². The molecule has 0 radical (unpaired) electrons. The number of carbonyl (C=O) groups is 1. The lowest BCUT2D eigenvalue weighted by molar-refractivity contribution is -0.128. The Morgan fingerprint density at radius 1 is 1.17 bits per heavy atom. The van der Waals surface area contributed by atoms with Crippen molar-refractivity contribution >= 4 is 15.8 Å². The summed E-state index contributed by atoms with van der Waals surface area (Å²) >= 11 is 0. The van der Waals surface area contributed by atoms with Gasteiger partial charge >= 0.3 is 0 Å². The van der Waals surface area contributed by atoms with Crippen molar-refractivity contribution in [3.63, 3.8) is 0 Å². The molecule has 2 saturated carbocycles. The average Bonchev–Trinajstić information content (AvgIpc) is 2.99. The lowest BCUT2D eigenvalue weighted by Gasteiger charge is -2.37. The van der Waals surface area contributed by atoms with Gasteiger partial charge in [-0.25, -0.2) is 13.1 Å². The summed E-state index contributed by atoms with van der Waals surface area (Å²) in [5.74, 6) is 1.64. The average molecular weight is 422 g/mol. The maximum absolute atomic E-state index is 13.3. The molecule has 2 aliphatic carbocycles. The van der Waals surface area contributed by atoms with Crippen LogP contribution in [-0.2, 0) is 14.8 Å². The third kappa shape index (κ3) is 3.36. The fourth-order valence-electron chi connectivity index (χ4n) is 5.51. The van der Waals surface area contributed by atoms with Gasteiger partial charge < -0.3 is 9.47 Å². The van der Waals surface area contributed by atoms with Crippen molar-refractivity contribution in [2.24, 2.45) is 22.7 Å². The highest BCUT2D eigenvalue weighted by Crippen LogP contribution is 2.64. The molecule has 2 bridgehead atoms. The van der Waals surface area contributed by atoms with Crippen LogP contribution in [0.25, 0.3) is 0 Å². The highest BCUT2D eigenvalue weighted by molar-refractivity contribution is 7.89. The van der Waals surface area contributed by atoms with Crippen LogP contribution in [0.3, 0.4) is 0 Å².